The Morgan fingerprint density at radius 1 is 1.47 bits per heavy atom. The van der Waals surface area contributed by atoms with Gasteiger partial charge in [-0.25, -0.2) is 4.79 Å². The third-order valence-corrected chi connectivity index (χ3v) is 3.02. The molecule has 0 aromatic carbocycles. The highest BCUT2D eigenvalue weighted by atomic mass is 16.5. The summed E-state index contributed by atoms with van der Waals surface area (Å²) in [7, 11) is 0. The van der Waals surface area contributed by atoms with Crippen molar-refractivity contribution in [2.45, 2.75) is 51.7 Å². The predicted molar refractivity (Wildman–Crippen MR) is 62.7 cm³/mol. The summed E-state index contributed by atoms with van der Waals surface area (Å²) in [6.07, 6.45) is 2.32. The summed E-state index contributed by atoms with van der Waals surface area (Å²) in [5, 5.41) is 9.04. The van der Waals surface area contributed by atoms with Crippen molar-refractivity contribution >= 4 is 11.9 Å². The molecule has 1 amide bonds. The van der Waals surface area contributed by atoms with E-state index in [1.165, 1.54) is 4.90 Å². The lowest BCUT2D eigenvalue weighted by Gasteiger charge is -2.26. The highest BCUT2D eigenvalue weighted by Gasteiger charge is 2.36. The number of carboxylic acids is 1. The first kappa shape index (κ1) is 14.0. The Hall–Kier alpha value is -1.10. The van der Waals surface area contributed by atoms with E-state index >= 15 is 0 Å². The van der Waals surface area contributed by atoms with Crippen LogP contribution in [0.3, 0.4) is 0 Å². The Labute approximate surface area is 102 Å². The van der Waals surface area contributed by atoms with Crippen LogP contribution in [-0.2, 0) is 14.3 Å². The zero-order valence-corrected chi connectivity index (χ0v) is 10.5. The molecule has 1 fully saturated rings. The highest BCUT2D eigenvalue weighted by molar-refractivity contribution is 5.87. The summed E-state index contributed by atoms with van der Waals surface area (Å²) < 4.78 is 5.40. The summed E-state index contributed by atoms with van der Waals surface area (Å²) in [6, 6.07) is -0.665. The lowest BCUT2D eigenvalue weighted by Crippen LogP contribution is -2.46. The topological polar surface area (TPSA) is 66.8 Å². The zero-order chi connectivity index (χ0) is 12.8. The molecular formula is C12H21NO4. The van der Waals surface area contributed by atoms with Crippen LogP contribution >= 0.6 is 0 Å². The fraction of sp³-hybridized carbons (Fsp3) is 0.833. The summed E-state index contributed by atoms with van der Waals surface area (Å²) in [5.41, 5.74) is 0. The number of amides is 1. The van der Waals surface area contributed by atoms with Gasteiger partial charge >= 0.3 is 5.97 Å². The number of carbonyl (C=O) groups is 2. The van der Waals surface area contributed by atoms with Gasteiger partial charge in [0.25, 0.3) is 5.91 Å². The molecule has 98 valence electrons. The molecule has 1 saturated heterocycles. The quantitative estimate of drug-likeness (QED) is 0.762. The Balaban J connectivity index is 2.68. The van der Waals surface area contributed by atoms with Crippen LogP contribution in [0.25, 0.3) is 0 Å². The third kappa shape index (κ3) is 3.43. The van der Waals surface area contributed by atoms with Gasteiger partial charge in [-0.15, -0.1) is 0 Å². The molecule has 0 aromatic heterocycles. The summed E-state index contributed by atoms with van der Waals surface area (Å²) in [4.78, 5) is 24.7. The van der Waals surface area contributed by atoms with Gasteiger partial charge in [-0.05, 0) is 26.2 Å². The molecule has 0 bridgehead atoms. The van der Waals surface area contributed by atoms with Crippen LogP contribution in [0, 0.1) is 0 Å². The first-order valence-corrected chi connectivity index (χ1v) is 6.26. The monoisotopic (exact) mass is 243 g/mol. The number of carbonyl (C=O) groups excluding carboxylic acids is 1. The molecule has 1 rings (SSSR count). The molecular weight excluding hydrogens is 222 g/mol. The van der Waals surface area contributed by atoms with Crippen LogP contribution < -0.4 is 0 Å². The maximum Gasteiger partial charge on any atom is 0.326 e. The molecule has 0 radical (unpaired) electrons. The van der Waals surface area contributed by atoms with Gasteiger partial charge in [0.1, 0.15) is 12.1 Å². The van der Waals surface area contributed by atoms with E-state index in [0.29, 0.717) is 26.0 Å². The van der Waals surface area contributed by atoms with Crippen molar-refractivity contribution in [3.05, 3.63) is 0 Å². The van der Waals surface area contributed by atoms with Crippen molar-refractivity contribution in [2.24, 2.45) is 0 Å². The molecule has 0 saturated carbocycles. The molecule has 1 aliphatic rings. The standard InChI is InChI=1S/C12H21NO4/c1-3-6-10(17-4-2)11(14)13-8-5-7-9(13)12(15)16/h9-10H,3-8H2,1-2H3,(H,15,16). The van der Waals surface area contributed by atoms with Crippen molar-refractivity contribution in [1.29, 1.82) is 0 Å². The van der Waals surface area contributed by atoms with Crippen molar-refractivity contribution in [1.82, 2.24) is 4.90 Å². The van der Waals surface area contributed by atoms with Crippen molar-refractivity contribution in [3.63, 3.8) is 0 Å². The second kappa shape index (κ2) is 6.59. The van der Waals surface area contributed by atoms with Gasteiger partial charge < -0.3 is 14.7 Å². The molecule has 0 spiro atoms. The largest absolute Gasteiger partial charge is 0.480 e. The molecule has 0 aromatic rings. The van der Waals surface area contributed by atoms with Crippen LogP contribution in [0.15, 0.2) is 0 Å². The first-order chi connectivity index (χ1) is 8.11. The number of carboxylic acid groups (broad SMARTS) is 1. The number of aliphatic carboxylic acids is 1. The minimum atomic E-state index is -0.914. The Morgan fingerprint density at radius 2 is 2.18 bits per heavy atom. The van der Waals surface area contributed by atoms with Crippen molar-refractivity contribution < 1.29 is 19.4 Å². The van der Waals surface area contributed by atoms with Crippen LogP contribution in [0.1, 0.15) is 39.5 Å². The van der Waals surface area contributed by atoms with Gasteiger partial charge in [0.15, 0.2) is 0 Å². The molecule has 1 N–H and O–H groups in total. The van der Waals surface area contributed by atoms with E-state index in [1.807, 2.05) is 13.8 Å². The molecule has 2 atom stereocenters. The number of rotatable bonds is 6. The van der Waals surface area contributed by atoms with E-state index in [9.17, 15) is 9.59 Å². The lowest BCUT2D eigenvalue weighted by molar-refractivity contribution is -0.154. The number of hydrogen-bond acceptors (Lipinski definition) is 3. The van der Waals surface area contributed by atoms with E-state index < -0.39 is 18.1 Å². The van der Waals surface area contributed by atoms with Gasteiger partial charge in [-0.2, -0.15) is 0 Å². The maximum absolute atomic E-state index is 12.2. The van der Waals surface area contributed by atoms with E-state index in [0.717, 1.165) is 12.8 Å². The first-order valence-electron chi connectivity index (χ1n) is 6.26. The molecule has 2 unspecified atom stereocenters. The molecule has 5 nitrogen and oxygen atoms in total. The highest BCUT2D eigenvalue weighted by Crippen LogP contribution is 2.20. The van der Waals surface area contributed by atoms with Gasteiger partial charge in [-0.3, -0.25) is 4.79 Å². The summed E-state index contributed by atoms with van der Waals surface area (Å²) >= 11 is 0. The van der Waals surface area contributed by atoms with Gasteiger partial charge in [-0.1, -0.05) is 13.3 Å². The van der Waals surface area contributed by atoms with Crippen LogP contribution in [0.5, 0.6) is 0 Å². The lowest BCUT2D eigenvalue weighted by atomic mass is 10.1. The zero-order valence-electron chi connectivity index (χ0n) is 10.5. The van der Waals surface area contributed by atoms with Crippen LogP contribution in [-0.4, -0.2) is 47.2 Å². The molecule has 17 heavy (non-hydrogen) atoms. The predicted octanol–water partition coefficient (Wildman–Crippen LogP) is 1.27. The number of hydrogen-bond donors (Lipinski definition) is 1. The maximum atomic E-state index is 12.2. The van der Waals surface area contributed by atoms with E-state index in [2.05, 4.69) is 0 Å². The molecule has 1 heterocycles. The fourth-order valence-corrected chi connectivity index (χ4v) is 2.21. The Bertz CT molecular complexity index is 274. The van der Waals surface area contributed by atoms with Crippen LogP contribution in [0.2, 0.25) is 0 Å². The second-order valence-corrected chi connectivity index (χ2v) is 4.26. The van der Waals surface area contributed by atoms with E-state index in [1.54, 1.807) is 0 Å². The van der Waals surface area contributed by atoms with Crippen LogP contribution in [0.4, 0.5) is 0 Å². The molecule has 5 heteroatoms. The van der Waals surface area contributed by atoms with E-state index in [4.69, 9.17) is 9.84 Å². The Morgan fingerprint density at radius 3 is 2.71 bits per heavy atom. The third-order valence-electron chi connectivity index (χ3n) is 3.02. The van der Waals surface area contributed by atoms with E-state index in [-0.39, 0.29) is 5.91 Å². The summed E-state index contributed by atoms with van der Waals surface area (Å²) in [6.45, 7) is 4.83. The van der Waals surface area contributed by atoms with Gasteiger partial charge in [0.05, 0.1) is 0 Å². The van der Waals surface area contributed by atoms with Crippen molar-refractivity contribution in [3.8, 4) is 0 Å². The number of ether oxygens (including phenoxy) is 1. The number of likely N-dealkylation sites (tertiary alicyclic amines) is 1. The minimum absolute atomic E-state index is 0.168. The SMILES string of the molecule is CCCC(OCC)C(=O)N1CCCC1C(=O)O. The Kier molecular flexibility index (Phi) is 5.41. The second-order valence-electron chi connectivity index (χ2n) is 4.26. The fourth-order valence-electron chi connectivity index (χ4n) is 2.21. The average Bonchev–Trinajstić information content (AvgIpc) is 2.76. The van der Waals surface area contributed by atoms with Gasteiger partial charge in [0, 0.05) is 13.2 Å². The van der Waals surface area contributed by atoms with Gasteiger partial charge in [0.2, 0.25) is 0 Å². The minimum Gasteiger partial charge on any atom is -0.480 e. The molecule has 1 aliphatic heterocycles. The normalized spacial score (nSPS) is 21.5. The smallest absolute Gasteiger partial charge is 0.326 e. The number of nitrogens with zero attached hydrogens (tertiary/aromatic N) is 1. The average molecular weight is 243 g/mol. The molecule has 0 aliphatic carbocycles. The van der Waals surface area contributed by atoms with Crippen molar-refractivity contribution in [2.75, 3.05) is 13.2 Å². The summed E-state index contributed by atoms with van der Waals surface area (Å²) in [5.74, 6) is -1.08.